The summed E-state index contributed by atoms with van der Waals surface area (Å²) in [7, 11) is 0. The first kappa shape index (κ1) is 5.59. The number of epoxide rings is 1. The highest BCUT2D eigenvalue weighted by Crippen LogP contribution is 2.51. The minimum absolute atomic E-state index is 0.704. The Labute approximate surface area is 61.8 Å². The molecule has 0 aromatic carbocycles. The van der Waals surface area contributed by atoms with Crippen LogP contribution in [0.4, 0.5) is 0 Å². The first-order valence-corrected chi connectivity index (χ1v) is 4.55. The van der Waals surface area contributed by atoms with Gasteiger partial charge in [-0.3, -0.25) is 0 Å². The molecule has 0 spiro atoms. The second-order valence-corrected chi connectivity index (χ2v) is 4.21. The number of ether oxygens (including phenoxy) is 1. The lowest BCUT2D eigenvalue weighted by Crippen LogP contribution is -2.15. The van der Waals surface area contributed by atoms with Crippen molar-refractivity contribution < 1.29 is 4.74 Å². The van der Waals surface area contributed by atoms with Crippen LogP contribution in [0.3, 0.4) is 0 Å². The van der Waals surface area contributed by atoms with Crippen molar-refractivity contribution in [1.29, 1.82) is 0 Å². The monoisotopic (exact) mass is 138 g/mol. The topological polar surface area (TPSA) is 12.5 Å². The molecule has 0 amide bonds. The van der Waals surface area contributed by atoms with Crippen LogP contribution in [0.5, 0.6) is 0 Å². The van der Waals surface area contributed by atoms with Crippen LogP contribution in [0, 0.1) is 17.8 Å². The Morgan fingerprint density at radius 2 is 2.00 bits per heavy atom. The Hall–Kier alpha value is -0.0400. The molecule has 1 nitrogen and oxygen atoms in total. The van der Waals surface area contributed by atoms with Gasteiger partial charge < -0.3 is 4.74 Å². The van der Waals surface area contributed by atoms with Gasteiger partial charge in [-0.25, -0.2) is 0 Å². The van der Waals surface area contributed by atoms with Crippen LogP contribution in [-0.2, 0) is 4.74 Å². The molecule has 4 atom stereocenters. The summed E-state index contributed by atoms with van der Waals surface area (Å²) in [6.07, 6.45) is 6.76. The van der Waals surface area contributed by atoms with Crippen molar-refractivity contribution in [2.45, 2.75) is 31.8 Å². The predicted octanol–water partition coefficient (Wildman–Crippen LogP) is 1.82. The summed E-state index contributed by atoms with van der Waals surface area (Å²) in [4.78, 5) is 0. The van der Waals surface area contributed by atoms with Gasteiger partial charge in [-0.05, 0) is 37.0 Å². The molecule has 3 aliphatic rings. The van der Waals surface area contributed by atoms with E-state index in [1.807, 2.05) is 0 Å². The van der Waals surface area contributed by atoms with Gasteiger partial charge in [-0.15, -0.1) is 0 Å². The normalized spacial score (nSPS) is 57.6. The maximum atomic E-state index is 5.35. The van der Waals surface area contributed by atoms with E-state index in [9.17, 15) is 0 Å². The Kier molecular flexibility index (Phi) is 0.984. The lowest BCUT2D eigenvalue weighted by atomic mass is 9.87. The van der Waals surface area contributed by atoms with E-state index in [1.165, 1.54) is 25.7 Å². The molecular formula is C9H14O. The molecule has 56 valence electrons. The summed E-state index contributed by atoms with van der Waals surface area (Å²) in [5, 5.41) is 0. The van der Waals surface area contributed by atoms with E-state index in [1.54, 1.807) is 0 Å². The SMILES string of the molecule is C1C[C@@H]2C[C@H]1CC2[C@H]1CO1. The minimum atomic E-state index is 0.704. The average molecular weight is 138 g/mol. The zero-order valence-electron chi connectivity index (χ0n) is 6.25. The van der Waals surface area contributed by atoms with Crippen LogP contribution in [0.15, 0.2) is 0 Å². The summed E-state index contributed by atoms with van der Waals surface area (Å²) >= 11 is 0. The number of rotatable bonds is 1. The largest absolute Gasteiger partial charge is 0.373 e. The molecule has 0 N–H and O–H groups in total. The molecule has 1 heterocycles. The molecule has 1 aliphatic heterocycles. The smallest absolute Gasteiger partial charge is 0.0840 e. The molecular weight excluding hydrogens is 124 g/mol. The number of hydrogen-bond donors (Lipinski definition) is 0. The molecule has 10 heavy (non-hydrogen) atoms. The summed E-state index contributed by atoms with van der Waals surface area (Å²) in [6, 6.07) is 0. The molecule has 0 radical (unpaired) electrons. The standard InChI is InChI=1S/C9H14O/c1-2-7-3-6(1)4-8(7)9-5-10-9/h6-9H,1-5H2/t6-,7+,8?,9+/m0/s1. The van der Waals surface area contributed by atoms with Crippen LogP contribution >= 0.6 is 0 Å². The third-order valence-electron chi connectivity index (χ3n) is 3.63. The van der Waals surface area contributed by atoms with Gasteiger partial charge in [-0.2, -0.15) is 0 Å². The predicted molar refractivity (Wildman–Crippen MR) is 38.7 cm³/mol. The third kappa shape index (κ3) is 0.672. The van der Waals surface area contributed by atoms with Crippen LogP contribution in [0.25, 0.3) is 0 Å². The molecule has 1 heteroatoms. The zero-order valence-corrected chi connectivity index (χ0v) is 6.25. The Bertz CT molecular complexity index is 151. The molecule has 0 aromatic heterocycles. The van der Waals surface area contributed by atoms with E-state index >= 15 is 0 Å². The average Bonchev–Trinajstić information content (AvgIpc) is 2.60. The zero-order chi connectivity index (χ0) is 6.55. The van der Waals surface area contributed by atoms with Crippen LogP contribution in [0.1, 0.15) is 25.7 Å². The fourth-order valence-corrected chi connectivity index (χ4v) is 3.05. The second-order valence-electron chi connectivity index (χ2n) is 4.21. The maximum absolute atomic E-state index is 5.35. The Morgan fingerprint density at radius 1 is 1.10 bits per heavy atom. The first-order chi connectivity index (χ1) is 4.93. The van der Waals surface area contributed by atoms with Crippen molar-refractivity contribution in [3.63, 3.8) is 0 Å². The van der Waals surface area contributed by atoms with Gasteiger partial charge in [0.1, 0.15) is 0 Å². The van der Waals surface area contributed by atoms with E-state index in [0.717, 1.165) is 24.4 Å². The van der Waals surface area contributed by atoms with Crippen LogP contribution < -0.4 is 0 Å². The Morgan fingerprint density at radius 3 is 2.50 bits per heavy atom. The van der Waals surface area contributed by atoms with Crippen molar-refractivity contribution in [2.75, 3.05) is 6.61 Å². The van der Waals surface area contributed by atoms with Crippen molar-refractivity contribution in [1.82, 2.24) is 0 Å². The van der Waals surface area contributed by atoms with Gasteiger partial charge in [0.2, 0.25) is 0 Å². The summed E-state index contributed by atoms with van der Waals surface area (Å²) in [5.41, 5.74) is 0. The van der Waals surface area contributed by atoms with Crippen molar-refractivity contribution in [3.05, 3.63) is 0 Å². The lowest BCUT2D eigenvalue weighted by Gasteiger charge is -2.18. The highest BCUT2D eigenvalue weighted by Gasteiger charge is 2.47. The molecule has 3 fully saturated rings. The van der Waals surface area contributed by atoms with Crippen molar-refractivity contribution in [3.8, 4) is 0 Å². The van der Waals surface area contributed by atoms with E-state index in [-0.39, 0.29) is 0 Å². The minimum Gasteiger partial charge on any atom is -0.373 e. The van der Waals surface area contributed by atoms with Gasteiger partial charge in [0.25, 0.3) is 0 Å². The summed E-state index contributed by atoms with van der Waals surface area (Å²) in [6.45, 7) is 1.08. The van der Waals surface area contributed by atoms with Gasteiger partial charge in [0.05, 0.1) is 12.7 Å². The fraction of sp³-hybridized carbons (Fsp3) is 1.00. The first-order valence-electron chi connectivity index (χ1n) is 4.55. The molecule has 0 aromatic rings. The van der Waals surface area contributed by atoms with Crippen molar-refractivity contribution >= 4 is 0 Å². The number of fused-ring (bicyclic) bond motifs is 2. The molecule has 1 saturated heterocycles. The summed E-state index contributed by atoms with van der Waals surface area (Å²) < 4.78 is 5.35. The number of hydrogen-bond acceptors (Lipinski definition) is 1. The summed E-state index contributed by atoms with van der Waals surface area (Å²) in [5.74, 6) is 3.15. The van der Waals surface area contributed by atoms with Crippen LogP contribution in [0.2, 0.25) is 0 Å². The van der Waals surface area contributed by atoms with Gasteiger partial charge in [0, 0.05) is 0 Å². The highest BCUT2D eigenvalue weighted by molar-refractivity contribution is 4.96. The molecule has 2 bridgehead atoms. The van der Waals surface area contributed by atoms with Gasteiger partial charge in [-0.1, -0.05) is 6.42 Å². The van der Waals surface area contributed by atoms with Gasteiger partial charge >= 0.3 is 0 Å². The second kappa shape index (κ2) is 1.76. The molecule has 3 rings (SSSR count). The van der Waals surface area contributed by atoms with Gasteiger partial charge in [0.15, 0.2) is 0 Å². The fourth-order valence-electron chi connectivity index (χ4n) is 3.05. The van der Waals surface area contributed by atoms with E-state index in [0.29, 0.717) is 6.10 Å². The molecule has 1 unspecified atom stereocenters. The molecule has 2 aliphatic carbocycles. The highest BCUT2D eigenvalue weighted by atomic mass is 16.6. The van der Waals surface area contributed by atoms with E-state index in [2.05, 4.69) is 0 Å². The Balaban J connectivity index is 1.77. The van der Waals surface area contributed by atoms with Crippen molar-refractivity contribution in [2.24, 2.45) is 17.8 Å². The van der Waals surface area contributed by atoms with Crippen LogP contribution in [-0.4, -0.2) is 12.7 Å². The maximum Gasteiger partial charge on any atom is 0.0840 e. The molecule has 2 saturated carbocycles. The third-order valence-corrected chi connectivity index (χ3v) is 3.63. The quantitative estimate of drug-likeness (QED) is 0.503. The lowest BCUT2D eigenvalue weighted by molar-refractivity contribution is 0.249. The van der Waals surface area contributed by atoms with E-state index in [4.69, 9.17) is 4.74 Å². The van der Waals surface area contributed by atoms with E-state index < -0.39 is 0 Å².